The molecule has 9 nitrogen and oxygen atoms in total. The van der Waals surface area contributed by atoms with Crippen LogP contribution in [-0.4, -0.2) is 102 Å². The highest BCUT2D eigenvalue weighted by Crippen LogP contribution is 2.35. The van der Waals surface area contributed by atoms with Crippen LogP contribution in [0.25, 0.3) is 11.3 Å². The Bertz CT molecular complexity index is 1300. The molecule has 0 saturated carbocycles. The smallest absolute Gasteiger partial charge is 0.252 e. The Balaban J connectivity index is 1.33. The van der Waals surface area contributed by atoms with Gasteiger partial charge >= 0.3 is 0 Å². The number of rotatable bonds is 7. The van der Waals surface area contributed by atoms with E-state index in [0.29, 0.717) is 17.7 Å². The topological polar surface area (TPSA) is 95.1 Å². The van der Waals surface area contributed by atoms with Crippen LogP contribution in [0, 0.1) is 18.7 Å². The Morgan fingerprint density at radius 2 is 2.00 bits per heavy atom. The summed E-state index contributed by atoms with van der Waals surface area (Å²) in [7, 11) is 2.09. The fourth-order valence-electron chi connectivity index (χ4n) is 5.52. The van der Waals surface area contributed by atoms with Gasteiger partial charge in [-0.1, -0.05) is 20.3 Å². The Kier molecular flexibility index (Phi) is 8.47. The van der Waals surface area contributed by atoms with Crippen molar-refractivity contribution in [3.05, 3.63) is 34.5 Å². The second-order valence-electron chi connectivity index (χ2n) is 10.9. The van der Waals surface area contributed by atoms with Crippen molar-refractivity contribution in [1.82, 2.24) is 20.1 Å². The molecule has 3 fully saturated rings. The Morgan fingerprint density at radius 1 is 1.27 bits per heavy atom. The van der Waals surface area contributed by atoms with Gasteiger partial charge < -0.3 is 24.8 Å². The first kappa shape index (κ1) is 28.9. The number of ether oxygens (including phenoxy) is 1. The minimum atomic E-state index is -0.900. The highest BCUT2D eigenvalue weighted by molar-refractivity contribution is 7.16. The number of hydrogen-bond acceptors (Lipinski definition) is 8. The van der Waals surface area contributed by atoms with E-state index < -0.39 is 35.3 Å². The number of Topliss-reactive ketones (excluding diaryl/α,β-unsaturated/α-hetero) is 1. The van der Waals surface area contributed by atoms with E-state index in [1.54, 1.807) is 12.1 Å². The number of hydrogen-bond donors (Lipinski definition) is 1. The number of piperazine rings is 1. The largest absolute Gasteiger partial charge is 0.366 e. The highest BCUT2D eigenvalue weighted by atomic mass is 35.5. The zero-order valence-corrected chi connectivity index (χ0v) is 24.7. The van der Waals surface area contributed by atoms with Crippen molar-refractivity contribution in [2.45, 2.75) is 50.8 Å². The molecule has 0 bridgehead atoms. The summed E-state index contributed by atoms with van der Waals surface area (Å²) in [5.74, 6) is -1.92. The number of anilines is 1. The number of likely N-dealkylation sites (N-methyl/N-ethyl adjacent to an activating group) is 1. The Morgan fingerprint density at radius 3 is 2.67 bits per heavy atom. The molecule has 3 saturated heterocycles. The van der Waals surface area contributed by atoms with E-state index in [4.69, 9.17) is 21.3 Å². The SMILES string of the molecule is CCC(C)C(NC(=O)c1ccc(-c2nc(N3CCN(C)CC3)sc2C)c(F)c1)C(=O)N1CC(Cl)C2OCC(=O)C21. The number of alkyl halides is 1. The lowest BCUT2D eigenvalue weighted by atomic mass is 9.96. The van der Waals surface area contributed by atoms with Crippen LogP contribution in [0.2, 0.25) is 0 Å². The average molecular weight is 592 g/mol. The van der Waals surface area contributed by atoms with Gasteiger partial charge in [0.1, 0.15) is 30.6 Å². The molecule has 0 aliphatic carbocycles. The van der Waals surface area contributed by atoms with E-state index in [2.05, 4.69) is 22.2 Å². The van der Waals surface area contributed by atoms with Crippen LogP contribution in [0.15, 0.2) is 18.2 Å². The number of nitrogens with zero attached hydrogens (tertiary/aromatic N) is 4. The van der Waals surface area contributed by atoms with Crippen LogP contribution < -0.4 is 10.2 Å². The summed E-state index contributed by atoms with van der Waals surface area (Å²) >= 11 is 7.91. The van der Waals surface area contributed by atoms with Crippen molar-refractivity contribution in [3.8, 4) is 11.3 Å². The van der Waals surface area contributed by atoms with Crippen LogP contribution in [0.4, 0.5) is 9.52 Å². The quantitative estimate of drug-likeness (QED) is 0.495. The van der Waals surface area contributed by atoms with E-state index >= 15 is 4.39 Å². The van der Waals surface area contributed by atoms with Gasteiger partial charge in [-0.25, -0.2) is 9.37 Å². The maximum Gasteiger partial charge on any atom is 0.252 e. The van der Waals surface area contributed by atoms with Crippen molar-refractivity contribution in [2.75, 3.05) is 51.3 Å². The summed E-state index contributed by atoms with van der Waals surface area (Å²) in [6.07, 6.45) is 0.0679. The van der Waals surface area contributed by atoms with Gasteiger partial charge in [-0.05, 0) is 38.1 Å². The molecule has 216 valence electrons. The number of benzene rings is 1. The number of fused-ring (bicyclic) bond motifs is 1. The Hall–Kier alpha value is -2.60. The van der Waals surface area contributed by atoms with Crippen molar-refractivity contribution in [3.63, 3.8) is 0 Å². The number of nitrogens with one attached hydrogen (secondary N) is 1. The lowest BCUT2D eigenvalue weighted by molar-refractivity contribution is -0.139. The summed E-state index contributed by atoms with van der Waals surface area (Å²) in [5, 5.41) is 3.17. The van der Waals surface area contributed by atoms with Gasteiger partial charge in [0.2, 0.25) is 5.91 Å². The van der Waals surface area contributed by atoms with E-state index in [9.17, 15) is 14.4 Å². The lowest BCUT2D eigenvalue weighted by Gasteiger charge is -2.32. The number of thiazole rings is 1. The van der Waals surface area contributed by atoms with Crippen LogP contribution in [-0.2, 0) is 14.3 Å². The van der Waals surface area contributed by atoms with Crippen molar-refractivity contribution >= 4 is 45.7 Å². The number of halogens is 2. The molecule has 0 radical (unpaired) electrons. The fraction of sp³-hybridized carbons (Fsp3) is 0.571. The van der Waals surface area contributed by atoms with E-state index in [1.165, 1.54) is 22.3 Å². The third-order valence-electron chi connectivity index (χ3n) is 8.22. The lowest BCUT2D eigenvalue weighted by Crippen LogP contribution is -2.54. The van der Waals surface area contributed by atoms with Gasteiger partial charge in [-0.3, -0.25) is 14.4 Å². The van der Waals surface area contributed by atoms with E-state index in [1.807, 2.05) is 20.8 Å². The molecule has 5 atom stereocenters. The third-order valence-corrected chi connectivity index (χ3v) is 9.63. The van der Waals surface area contributed by atoms with Crippen LogP contribution >= 0.6 is 22.9 Å². The highest BCUT2D eigenvalue weighted by Gasteiger charge is 2.53. The van der Waals surface area contributed by atoms with Crippen molar-refractivity contribution < 1.29 is 23.5 Å². The Labute approximate surface area is 242 Å². The van der Waals surface area contributed by atoms with Crippen molar-refractivity contribution in [2.24, 2.45) is 5.92 Å². The molecule has 1 aromatic carbocycles. The second-order valence-corrected chi connectivity index (χ2v) is 12.7. The van der Waals surface area contributed by atoms with Gasteiger partial charge in [0.05, 0.1) is 11.1 Å². The van der Waals surface area contributed by atoms with Crippen molar-refractivity contribution in [1.29, 1.82) is 0 Å². The normalized spacial score (nSPS) is 24.8. The molecule has 5 unspecified atom stereocenters. The van der Waals surface area contributed by atoms with Gasteiger partial charge in [-0.15, -0.1) is 22.9 Å². The molecular formula is C28H35ClFN5O4S. The number of ketones is 1. The van der Waals surface area contributed by atoms with Gasteiger partial charge in [-0.2, -0.15) is 0 Å². The summed E-state index contributed by atoms with van der Waals surface area (Å²) in [6, 6.07) is 2.66. The number of aryl methyl sites for hydroxylation is 1. The predicted molar refractivity (Wildman–Crippen MR) is 153 cm³/mol. The summed E-state index contributed by atoms with van der Waals surface area (Å²) in [6.45, 7) is 9.40. The van der Waals surface area contributed by atoms with Crippen LogP contribution in [0.5, 0.6) is 0 Å². The molecule has 1 N–H and O–H groups in total. The van der Waals surface area contributed by atoms with Crippen LogP contribution in [0.1, 0.15) is 35.5 Å². The molecule has 4 heterocycles. The molecule has 0 spiro atoms. The molecule has 40 heavy (non-hydrogen) atoms. The van der Waals surface area contributed by atoms with E-state index in [-0.39, 0.29) is 36.3 Å². The molecule has 1 aromatic heterocycles. The average Bonchev–Trinajstić information content (AvgIpc) is 3.61. The van der Waals surface area contributed by atoms with E-state index in [0.717, 1.165) is 36.2 Å². The van der Waals surface area contributed by atoms with Gasteiger partial charge in [0.15, 0.2) is 10.9 Å². The first-order valence-corrected chi connectivity index (χ1v) is 14.9. The number of likely N-dealkylation sites (tertiary alicyclic amines) is 1. The third kappa shape index (κ3) is 5.48. The van der Waals surface area contributed by atoms with Crippen LogP contribution in [0.3, 0.4) is 0 Å². The maximum atomic E-state index is 15.4. The van der Waals surface area contributed by atoms with Gasteiger partial charge in [0, 0.05) is 48.7 Å². The molecule has 2 aromatic rings. The zero-order chi connectivity index (χ0) is 28.7. The first-order chi connectivity index (χ1) is 19.1. The standard InChI is InChI=1S/C28H35ClFN5O4S/c1-5-15(2)22(27(38)35-13-19(29)25-24(35)21(36)14-39-25)31-26(37)17-6-7-18(20(30)12-17)23-16(3)40-28(32-23)34-10-8-33(4)9-11-34/h6-7,12,15,19,22,24-25H,5,8-11,13-14H2,1-4H3,(H,31,37). The zero-order valence-electron chi connectivity index (χ0n) is 23.2. The molecule has 12 heteroatoms. The summed E-state index contributed by atoms with van der Waals surface area (Å²) in [4.78, 5) is 50.8. The minimum Gasteiger partial charge on any atom is -0.366 e. The molecule has 5 rings (SSSR count). The molecular weight excluding hydrogens is 557 g/mol. The number of carbonyl (C=O) groups excluding carboxylic acids is 3. The summed E-state index contributed by atoms with van der Waals surface area (Å²) < 4.78 is 20.9. The molecule has 2 amide bonds. The fourth-order valence-corrected chi connectivity index (χ4v) is 6.86. The predicted octanol–water partition coefficient (Wildman–Crippen LogP) is 2.94. The number of carbonyl (C=O) groups is 3. The first-order valence-electron chi connectivity index (χ1n) is 13.7. The number of aromatic nitrogens is 1. The second kappa shape index (κ2) is 11.7. The number of amides is 2. The molecule has 3 aliphatic heterocycles. The monoisotopic (exact) mass is 591 g/mol. The summed E-state index contributed by atoms with van der Waals surface area (Å²) in [5.41, 5.74) is 0.999. The maximum absolute atomic E-state index is 15.4. The molecule has 3 aliphatic rings. The van der Waals surface area contributed by atoms with Gasteiger partial charge in [0.25, 0.3) is 5.91 Å². The minimum absolute atomic E-state index is 0.0797.